The van der Waals surface area contributed by atoms with Gasteiger partial charge in [0.25, 0.3) is 0 Å². The third-order valence-electron chi connectivity index (χ3n) is 3.55. The SMILES string of the molecule is C[C@]1(C=CC(N)=O)[C@H](C(=O)O)N2C(=O)C[C@H]2S1(=O)=O. The van der Waals surface area contributed by atoms with E-state index in [1.807, 2.05) is 0 Å². The van der Waals surface area contributed by atoms with Gasteiger partial charge < -0.3 is 15.7 Å². The zero-order valence-electron chi connectivity index (χ0n) is 9.94. The van der Waals surface area contributed by atoms with Crippen LogP contribution in [-0.2, 0) is 24.2 Å². The van der Waals surface area contributed by atoms with Crippen LogP contribution in [0.2, 0.25) is 0 Å². The number of amides is 2. The molecule has 2 aliphatic heterocycles. The summed E-state index contributed by atoms with van der Waals surface area (Å²) in [6.07, 6.45) is 1.53. The second-order valence-corrected chi connectivity index (χ2v) is 7.18. The van der Waals surface area contributed by atoms with Crippen LogP contribution in [0.4, 0.5) is 0 Å². The summed E-state index contributed by atoms with van der Waals surface area (Å²) < 4.78 is 22.7. The van der Waals surface area contributed by atoms with Crippen LogP contribution in [0.15, 0.2) is 12.2 Å². The van der Waals surface area contributed by atoms with Crippen LogP contribution in [0.3, 0.4) is 0 Å². The predicted octanol–water partition coefficient (Wildman–Crippen LogP) is -1.77. The normalized spacial score (nSPS) is 36.1. The molecule has 8 nitrogen and oxygen atoms in total. The number of nitrogens with zero attached hydrogens (tertiary/aromatic N) is 1. The Labute approximate surface area is 108 Å². The fourth-order valence-corrected chi connectivity index (χ4v) is 4.76. The summed E-state index contributed by atoms with van der Waals surface area (Å²) in [4.78, 5) is 34.3. The average molecular weight is 288 g/mol. The van der Waals surface area contributed by atoms with Crippen LogP contribution in [0.25, 0.3) is 0 Å². The van der Waals surface area contributed by atoms with Crippen molar-refractivity contribution < 1.29 is 27.9 Å². The highest BCUT2D eigenvalue weighted by atomic mass is 32.2. The number of carbonyl (C=O) groups is 3. The molecule has 0 saturated carbocycles. The van der Waals surface area contributed by atoms with Crippen molar-refractivity contribution in [3.63, 3.8) is 0 Å². The van der Waals surface area contributed by atoms with Gasteiger partial charge >= 0.3 is 5.97 Å². The number of carboxylic acid groups (broad SMARTS) is 1. The molecule has 9 heteroatoms. The number of carboxylic acids is 1. The second-order valence-electron chi connectivity index (χ2n) is 4.67. The Bertz CT molecular complexity index is 610. The van der Waals surface area contributed by atoms with E-state index in [4.69, 9.17) is 5.73 Å². The summed E-state index contributed by atoms with van der Waals surface area (Å²) >= 11 is 0. The highest BCUT2D eigenvalue weighted by molar-refractivity contribution is 7.94. The van der Waals surface area contributed by atoms with Crippen LogP contribution in [0.1, 0.15) is 13.3 Å². The predicted molar refractivity (Wildman–Crippen MR) is 62.3 cm³/mol. The lowest BCUT2D eigenvalue weighted by molar-refractivity contribution is -0.157. The monoisotopic (exact) mass is 288 g/mol. The lowest BCUT2D eigenvalue weighted by atomic mass is 9.96. The summed E-state index contributed by atoms with van der Waals surface area (Å²) in [6.45, 7) is 1.17. The molecule has 2 fully saturated rings. The minimum absolute atomic E-state index is 0.230. The molecule has 0 aromatic heterocycles. The average Bonchev–Trinajstić information content (AvgIpc) is 2.41. The molecule has 2 amide bonds. The largest absolute Gasteiger partial charge is 0.480 e. The van der Waals surface area contributed by atoms with Crippen LogP contribution in [0, 0.1) is 0 Å². The van der Waals surface area contributed by atoms with Crippen molar-refractivity contribution in [2.24, 2.45) is 5.73 Å². The van der Waals surface area contributed by atoms with E-state index in [1.165, 1.54) is 6.92 Å². The molecule has 0 aromatic rings. The van der Waals surface area contributed by atoms with Crippen molar-refractivity contribution in [3.8, 4) is 0 Å². The number of primary amides is 1. The van der Waals surface area contributed by atoms with Gasteiger partial charge in [-0.25, -0.2) is 13.2 Å². The van der Waals surface area contributed by atoms with Gasteiger partial charge in [0.1, 0.15) is 10.1 Å². The Kier molecular flexibility index (Phi) is 2.70. The molecule has 0 aliphatic carbocycles. The van der Waals surface area contributed by atoms with Gasteiger partial charge in [0.15, 0.2) is 15.9 Å². The van der Waals surface area contributed by atoms with Crippen molar-refractivity contribution in [3.05, 3.63) is 12.2 Å². The first-order chi connectivity index (χ1) is 8.63. The molecule has 2 aliphatic rings. The minimum atomic E-state index is -3.92. The van der Waals surface area contributed by atoms with Gasteiger partial charge in [-0.05, 0) is 6.92 Å². The fourth-order valence-electron chi connectivity index (χ4n) is 2.49. The third kappa shape index (κ3) is 1.57. The van der Waals surface area contributed by atoms with E-state index in [-0.39, 0.29) is 6.42 Å². The maximum atomic E-state index is 12.3. The Hall–Kier alpha value is -1.90. The number of rotatable bonds is 3. The standard InChI is InChI=1S/C10H12N2O6S/c1-10(3-2-5(11)13)8(9(15)16)12-6(14)4-7(12)19(10,17)18/h2-3,7-8H,4H2,1H3,(H2,11,13)(H,15,16)/t7-,8+,10+/m1/s1. The quantitative estimate of drug-likeness (QED) is 0.466. The highest BCUT2D eigenvalue weighted by Gasteiger charge is 2.69. The molecule has 2 heterocycles. The molecule has 19 heavy (non-hydrogen) atoms. The first-order valence-electron chi connectivity index (χ1n) is 5.39. The topological polar surface area (TPSA) is 135 Å². The summed E-state index contributed by atoms with van der Waals surface area (Å²) in [5, 5.41) is 8.04. The number of aliphatic carboxylic acids is 1. The Morgan fingerprint density at radius 3 is 2.53 bits per heavy atom. The minimum Gasteiger partial charge on any atom is -0.480 e. The molecular weight excluding hydrogens is 276 g/mol. The van der Waals surface area contributed by atoms with E-state index < -0.39 is 43.8 Å². The lowest BCUT2D eigenvalue weighted by Crippen LogP contribution is -2.57. The van der Waals surface area contributed by atoms with Crippen LogP contribution in [0.5, 0.6) is 0 Å². The number of hydrogen-bond donors (Lipinski definition) is 2. The molecule has 3 N–H and O–H groups in total. The number of sulfone groups is 1. The van der Waals surface area contributed by atoms with Crippen LogP contribution in [-0.4, -0.2) is 52.4 Å². The number of hydrogen-bond acceptors (Lipinski definition) is 5. The van der Waals surface area contributed by atoms with Gasteiger partial charge in [0, 0.05) is 6.08 Å². The Morgan fingerprint density at radius 1 is 1.53 bits per heavy atom. The number of β-lactam (4-membered cyclic amide) rings is 1. The van der Waals surface area contributed by atoms with Crippen molar-refractivity contribution in [1.82, 2.24) is 4.90 Å². The number of fused-ring (bicyclic) bond motifs is 1. The Morgan fingerprint density at radius 2 is 2.11 bits per heavy atom. The molecule has 0 radical (unpaired) electrons. The lowest BCUT2D eigenvalue weighted by Gasteiger charge is -2.35. The van der Waals surface area contributed by atoms with Crippen molar-refractivity contribution in [1.29, 1.82) is 0 Å². The van der Waals surface area contributed by atoms with E-state index >= 15 is 0 Å². The molecule has 2 rings (SSSR count). The summed E-state index contributed by atoms with van der Waals surface area (Å²) in [5.41, 5.74) is 4.90. The second kappa shape index (κ2) is 3.80. The van der Waals surface area contributed by atoms with Gasteiger partial charge in [0.2, 0.25) is 11.8 Å². The maximum absolute atomic E-state index is 12.3. The zero-order chi connectivity index (χ0) is 14.6. The molecule has 0 unspecified atom stereocenters. The molecular formula is C10H12N2O6S. The number of nitrogens with two attached hydrogens (primary N) is 1. The Balaban J connectivity index is 2.58. The molecule has 0 bridgehead atoms. The van der Waals surface area contributed by atoms with E-state index in [0.717, 1.165) is 17.1 Å². The van der Waals surface area contributed by atoms with Gasteiger partial charge in [-0.2, -0.15) is 0 Å². The number of carbonyl (C=O) groups excluding carboxylic acids is 2. The van der Waals surface area contributed by atoms with E-state index in [2.05, 4.69) is 0 Å². The van der Waals surface area contributed by atoms with Crippen molar-refractivity contribution in [2.75, 3.05) is 0 Å². The first kappa shape index (κ1) is 13.5. The highest BCUT2D eigenvalue weighted by Crippen LogP contribution is 2.46. The van der Waals surface area contributed by atoms with Crippen molar-refractivity contribution in [2.45, 2.75) is 29.5 Å². The van der Waals surface area contributed by atoms with Gasteiger partial charge in [-0.15, -0.1) is 0 Å². The van der Waals surface area contributed by atoms with Crippen LogP contribution >= 0.6 is 0 Å². The van der Waals surface area contributed by atoms with E-state index in [1.54, 1.807) is 0 Å². The molecule has 2 saturated heterocycles. The smallest absolute Gasteiger partial charge is 0.328 e. The third-order valence-corrected chi connectivity index (χ3v) is 6.25. The fraction of sp³-hybridized carbons (Fsp3) is 0.500. The van der Waals surface area contributed by atoms with Crippen LogP contribution < -0.4 is 5.73 Å². The maximum Gasteiger partial charge on any atom is 0.328 e. The molecule has 3 atom stereocenters. The van der Waals surface area contributed by atoms with Gasteiger partial charge in [-0.3, -0.25) is 9.59 Å². The van der Waals surface area contributed by atoms with E-state index in [9.17, 15) is 27.9 Å². The molecule has 104 valence electrons. The van der Waals surface area contributed by atoms with Crippen molar-refractivity contribution >= 4 is 27.6 Å². The summed E-state index contributed by atoms with van der Waals surface area (Å²) in [7, 11) is -3.92. The molecule has 0 spiro atoms. The summed E-state index contributed by atoms with van der Waals surface area (Å²) in [5.74, 6) is -2.85. The van der Waals surface area contributed by atoms with Gasteiger partial charge in [-0.1, -0.05) is 6.08 Å². The molecule has 0 aromatic carbocycles. The van der Waals surface area contributed by atoms with E-state index in [0.29, 0.717) is 0 Å². The summed E-state index contributed by atoms with van der Waals surface area (Å²) in [6, 6.07) is -1.54. The first-order valence-corrected chi connectivity index (χ1v) is 6.93. The zero-order valence-corrected chi connectivity index (χ0v) is 10.8. The van der Waals surface area contributed by atoms with Gasteiger partial charge in [0.05, 0.1) is 6.42 Å².